The van der Waals surface area contributed by atoms with Gasteiger partial charge in [0, 0.05) is 26.1 Å². The molecule has 5 atom stereocenters. The number of alkyl halides is 3. The molecule has 2 aliphatic rings. The molecule has 6 amide bonds. The van der Waals surface area contributed by atoms with Gasteiger partial charge < -0.3 is 35.8 Å². The molecule has 0 spiro atoms. The van der Waals surface area contributed by atoms with Crippen molar-refractivity contribution in [1.82, 2.24) is 31.1 Å². The number of amides is 6. The minimum atomic E-state index is -4.66. The molecule has 2 saturated heterocycles. The molecule has 0 bridgehead atoms. The van der Waals surface area contributed by atoms with E-state index in [0.717, 1.165) is 0 Å². The van der Waals surface area contributed by atoms with E-state index in [1.165, 1.54) is 15.9 Å². The minimum absolute atomic E-state index is 0.0850. The van der Waals surface area contributed by atoms with Crippen molar-refractivity contribution in [3.63, 3.8) is 0 Å². The molecule has 272 valence electrons. The van der Waals surface area contributed by atoms with Crippen LogP contribution in [0.4, 0.5) is 22.8 Å². The number of cyclic esters (lactones) is 1. The quantitative estimate of drug-likeness (QED) is 0.152. The van der Waals surface area contributed by atoms with Crippen molar-refractivity contribution in [3.05, 3.63) is 12.7 Å². The van der Waals surface area contributed by atoms with Crippen LogP contribution in [-0.4, -0.2) is 109 Å². The lowest BCUT2D eigenvalue weighted by Gasteiger charge is -2.37. The van der Waals surface area contributed by atoms with E-state index in [2.05, 4.69) is 27.8 Å². The number of ketones is 1. The number of rotatable bonds is 15. The molecular formula is C32H51F3N6O7. The number of carbonyl (C=O) groups is 6. The Bertz CT molecular complexity index is 1200. The Hall–Kier alpha value is -3.85. The smallest absolute Gasteiger partial charge is 0.410 e. The van der Waals surface area contributed by atoms with Crippen LogP contribution in [0.1, 0.15) is 67.7 Å². The monoisotopic (exact) mass is 688 g/mol. The number of nitrogens with zero attached hydrogens (tertiary/aromatic N) is 2. The minimum Gasteiger partial charge on any atom is -0.448 e. The lowest BCUT2D eigenvalue weighted by molar-refractivity contribution is -0.147. The highest BCUT2D eigenvalue weighted by atomic mass is 19.4. The van der Waals surface area contributed by atoms with E-state index in [9.17, 15) is 41.9 Å². The molecule has 0 aliphatic carbocycles. The Morgan fingerprint density at radius 3 is 2.17 bits per heavy atom. The zero-order valence-corrected chi connectivity index (χ0v) is 28.9. The summed E-state index contributed by atoms with van der Waals surface area (Å²) in [6, 6.07) is -5.27. The summed E-state index contributed by atoms with van der Waals surface area (Å²) in [6.45, 7) is 16.9. The Morgan fingerprint density at radius 1 is 1.02 bits per heavy atom. The first-order valence-electron chi connectivity index (χ1n) is 16.3. The number of hydrogen-bond acceptors (Lipinski definition) is 7. The predicted molar refractivity (Wildman–Crippen MR) is 170 cm³/mol. The van der Waals surface area contributed by atoms with Crippen LogP contribution in [0.15, 0.2) is 12.7 Å². The molecule has 0 aromatic carbocycles. The molecule has 4 N–H and O–H groups in total. The summed E-state index contributed by atoms with van der Waals surface area (Å²) in [7, 11) is 0. The zero-order chi connectivity index (χ0) is 36.6. The van der Waals surface area contributed by atoms with E-state index in [0.29, 0.717) is 13.0 Å². The number of hydrogen-bond donors (Lipinski definition) is 4. The molecule has 48 heavy (non-hydrogen) atoms. The Kier molecular flexibility index (Phi) is 14.3. The van der Waals surface area contributed by atoms with Crippen LogP contribution < -0.4 is 21.3 Å². The third-order valence-electron chi connectivity index (χ3n) is 8.60. The van der Waals surface area contributed by atoms with Crippen LogP contribution in [0.3, 0.4) is 0 Å². The second kappa shape index (κ2) is 17.0. The van der Waals surface area contributed by atoms with Gasteiger partial charge in [0.2, 0.25) is 17.6 Å². The van der Waals surface area contributed by atoms with Crippen molar-refractivity contribution in [2.75, 3.05) is 32.8 Å². The number of Topliss-reactive ketones (excluding diaryl/α,β-unsaturated/α-hetero) is 1. The van der Waals surface area contributed by atoms with Crippen LogP contribution in [0, 0.1) is 23.2 Å². The molecule has 16 heteroatoms. The van der Waals surface area contributed by atoms with E-state index in [4.69, 9.17) is 4.74 Å². The predicted octanol–water partition coefficient (Wildman–Crippen LogP) is 2.75. The van der Waals surface area contributed by atoms with Crippen LogP contribution in [0.2, 0.25) is 0 Å². The second-order valence-electron chi connectivity index (χ2n) is 14.1. The second-order valence-corrected chi connectivity index (χ2v) is 14.1. The van der Waals surface area contributed by atoms with Crippen molar-refractivity contribution in [2.45, 2.75) is 98.1 Å². The molecule has 2 heterocycles. The van der Waals surface area contributed by atoms with E-state index >= 15 is 0 Å². The van der Waals surface area contributed by atoms with E-state index in [1.807, 2.05) is 27.7 Å². The summed E-state index contributed by atoms with van der Waals surface area (Å²) >= 11 is 0. The van der Waals surface area contributed by atoms with Crippen molar-refractivity contribution >= 4 is 35.6 Å². The lowest BCUT2D eigenvalue weighted by Crippen LogP contribution is -2.62. The molecule has 0 aromatic rings. The van der Waals surface area contributed by atoms with Crippen molar-refractivity contribution in [2.24, 2.45) is 23.2 Å². The third kappa shape index (κ3) is 11.4. The first kappa shape index (κ1) is 40.3. The first-order chi connectivity index (χ1) is 22.2. The summed E-state index contributed by atoms with van der Waals surface area (Å²) < 4.78 is 44.4. The van der Waals surface area contributed by atoms with Crippen molar-refractivity contribution in [3.8, 4) is 0 Å². The van der Waals surface area contributed by atoms with Gasteiger partial charge >= 0.3 is 18.3 Å². The molecule has 13 nitrogen and oxygen atoms in total. The molecule has 2 fully saturated rings. The van der Waals surface area contributed by atoms with Gasteiger partial charge in [-0.1, -0.05) is 54.5 Å². The first-order valence-corrected chi connectivity index (χ1v) is 16.3. The standard InChI is InChI=1S/C32H51F3N6O7/c1-9-13-36-27(44)24(42)21(10-12-32(33,34)35)37-26(43)23-20(18(2)3)11-14-41(23)28(45)25(31(6,7)8)39-29(46)38-22(19(4)5)17-40-15-16-48-30(40)47/h9,18-23,25H,1,10-17H2,2-8H3,(H,36,44)(H,37,43)(H2,38,39,46)/t20-,21?,22-,23+,25-/m1/s1. The van der Waals surface area contributed by atoms with Gasteiger partial charge in [-0.15, -0.1) is 6.58 Å². The van der Waals surface area contributed by atoms with E-state index in [1.54, 1.807) is 20.8 Å². The molecule has 1 unspecified atom stereocenters. The summed E-state index contributed by atoms with van der Waals surface area (Å²) in [6.07, 6.45) is -5.77. The zero-order valence-electron chi connectivity index (χ0n) is 28.9. The number of carbonyl (C=O) groups excluding carboxylic acids is 6. The van der Waals surface area contributed by atoms with Gasteiger partial charge in [-0.3, -0.25) is 19.2 Å². The molecule has 2 rings (SSSR count). The summed E-state index contributed by atoms with van der Waals surface area (Å²) in [5, 5.41) is 10.1. The van der Waals surface area contributed by atoms with Crippen LogP contribution in [0.5, 0.6) is 0 Å². The number of halogens is 3. The van der Waals surface area contributed by atoms with E-state index < -0.39 is 90.1 Å². The SMILES string of the molecule is C=CCNC(=O)C(=O)C(CCC(F)(F)F)NC(=O)[C@@H]1[C@@H](C(C)C)CCN1C(=O)[C@@H](NC(=O)N[C@H](CN1CCOC1=O)C(C)C)C(C)(C)C. The fraction of sp³-hybridized carbons (Fsp3) is 0.750. The van der Waals surface area contributed by atoms with Crippen LogP contribution in [-0.2, 0) is 23.9 Å². The Labute approximate surface area is 280 Å². The van der Waals surface area contributed by atoms with Crippen LogP contribution in [0.25, 0.3) is 0 Å². The van der Waals surface area contributed by atoms with Gasteiger partial charge in [0.05, 0.1) is 18.6 Å². The van der Waals surface area contributed by atoms with Gasteiger partial charge in [-0.05, 0) is 36.0 Å². The van der Waals surface area contributed by atoms with Gasteiger partial charge in [-0.25, -0.2) is 9.59 Å². The fourth-order valence-corrected chi connectivity index (χ4v) is 5.75. The van der Waals surface area contributed by atoms with Gasteiger partial charge in [0.15, 0.2) is 0 Å². The molecular weight excluding hydrogens is 637 g/mol. The number of likely N-dealkylation sites (tertiary alicyclic amines) is 1. The largest absolute Gasteiger partial charge is 0.448 e. The summed E-state index contributed by atoms with van der Waals surface area (Å²) in [4.78, 5) is 81.3. The van der Waals surface area contributed by atoms with Crippen molar-refractivity contribution < 1.29 is 46.7 Å². The topological polar surface area (TPSA) is 166 Å². The summed E-state index contributed by atoms with van der Waals surface area (Å²) in [5.41, 5.74) is -0.855. The lowest BCUT2D eigenvalue weighted by atomic mass is 9.84. The van der Waals surface area contributed by atoms with E-state index in [-0.39, 0.29) is 38.1 Å². The van der Waals surface area contributed by atoms with Gasteiger partial charge in [0.1, 0.15) is 18.7 Å². The van der Waals surface area contributed by atoms with Gasteiger partial charge in [0.25, 0.3) is 5.91 Å². The van der Waals surface area contributed by atoms with Gasteiger partial charge in [-0.2, -0.15) is 13.2 Å². The van der Waals surface area contributed by atoms with Crippen molar-refractivity contribution in [1.29, 1.82) is 0 Å². The average Bonchev–Trinajstić information content (AvgIpc) is 3.61. The number of urea groups is 1. The molecule has 0 radical (unpaired) electrons. The van der Waals surface area contributed by atoms with Crippen LogP contribution >= 0.6 is 0 Å². The summed E-state index contributed by atoms with van der Waals surface area (Å²) in [5.74, 6) is -4.55. The molecule has 0 aromatic heterocycles. The average molecular weight is 689 g/mol. The third-order valence-corrected chi connectivity index (χ3v) is 8.60. The molecule has 2 aliphatic heterocycles. The highest BCUT2D eigenvalue weighted by Crippen LogP contribution is 2.34. The maximum Gasteiger partial charge on any atom is 0.410 e. The normalized spacial score (nSPS) is 20.2. The maximum atomic E-state index is 14.2. The fourth-order valence-electron chi connectivity index (χ4n) is 5.75. The maximum absolute atomic E-state index is 14.2. The highest BCUT2D eigenvalue weighted by molar-refractivity contribution is 6.38. The number of nitrogens with one attached hydrogen (secondary N) is 4. The Morgan fingerprint density at radius 2 is 1.67 bits per heavy atom. The molecule has 0 saturated carbocycles. The highest BCUT2D eigenvalue weighted by Gasteiger charge is 2.48. The Balaban J connectivity index is 2.33. The number of ether oxygens (including phenoxy) is 1.